The molecule has 19 heavy (non-hydrogen) atoms. The molecule has 0 saturated heterocycles. The number of ether oxygens (including phenoxy) is 3. The van der Waals surface area contributed by atoms with Crippen LogP contribution < -0.4 is 4.74 Å². The third-order valence-corrected chi connectivity index (χ3v) is 2.61. The molecule has 0 aliphatic rings. The van der Waals surface area contributed by atoms with Crippen molar-refractivity contribution in [2.24, 2.45) is 0 Å². The smallest absolute Gasteiger partial charge is 0.192 e. The second-order valence-electron chi connectivity index (χ2n) is 4.29. The highest BCUT2D eigenvalue weighted by Gasteiger charge is 2.12. The van der Waals surface area contributed by atoms with Gasteiger partial charge in [-0.05, 0) is 31.0 Å². The predicted molar refractivity (Wildman–Crippen MR) is 74.0 cm³/mol. The number of carbonyl (C=O) groups is 1. The summed E-state index contributed by atoms with van der Waals surface area (Å²) in [6.07, 6.45) is 0.986. The van der Waals surface area contributed by atoms with Crippen molar-refractivity contribution in [2.75, 3.05) is 33.5 Å². The summed E-state index contributed by atoms with van der Waals surface area (Å²) in [5, 5.41) is 0. The first-order chi connectivity index (χ1) is 9.19. The van der Waals surface area contributed by atoms with Crippen LogP contribution in [0.5, 0.6) is 5.75 Å². The molecular formula is C15H22O4. The van der Waals surface area contributed by atoms with Crippen molar-refractivity contribution in [3.8, 4) is 5.75 Å². The minimum absolute atomic E-state index is 0.0505. The summed E-state index contributed by atoms with van der Waals surface area (Å²) in [7, 11) is 1.56. The Morgan fingerprint density at radius 2 is 1.89 bits per heavy atom. The molecule has 1 aromatic carbocycles. The Kier molecular flexibility index (Phi) is 7.15. The van der Waals surface area contributed by atoms with Crippen LogP contribution in [0.15, 0.2) is 18.2 Å². The zero-order valence-electron chi connectivity index (χ0n) is 11.9. The summed E-state index contributed by atoms with van der Waals surface area (Å²) in [6.45, 7) is 5.73. The van der Waals surface area contributed by atoms with Crippen LogP contribution in [0.2, 0.25) is 0 Å². The third kappa shape index (κ3) is 5.41. The molecule has 0 aliphatic heterocycles. The van der Waals surface area contributed by atoms with Crippen LogP contribution in [0, 0.1) is 6.92 Å². The van der Waals surface area contributed by atoms with Crippen LogP contribution >= 0.6 is 0 Å². The summed E-state index contributed by atoms with van der Waals surface area (Å²) in [5.41, 5.74) is 1.62. The number of benzene rings is 1. The molecular weight excluding hydrogens is 244 g/mol. The SMILES string of the molecule is CCCOCCOCC(=O)c1ccc(C)cc1OC. The zero-order valence-corrected chi connectivity index (χ0v) is 11.9. The van der Waals surface area contributed by atoms with Gasteiger partial charge in [-0.25, -0.2) is 0 Å². The average Bonchev–Trinajstić information content (AvgIpc) is 2.42. The number of Topliss-reactive ketones (excluding diaryl/α,β-unsaturated/α-hetero) is 1. The van der Waals surface area contributed by atoms with Crippen LogP contribution in [0.4, 0.5) is 0 Å². The van der Waals surface area contributed by atoms with Crippen LogP contribution in [-0.4, -0.2) is 39.3 Å². The van der Waals surface area contributed by atoms with Gasteiger partial charge in [0, 0.05) is 6.61 Å². The van der Waals surface area contributed by atoms with E-state index in [1.807, 2.05) is 26.0 Å². The van der Waals surface area contributed by atoms with Crippen molar-refractivity contribution >= 4 is 5.78 Å². The number of carbonyl (C=O) groups excluding carboxylic acids is 1. The van der Waals surface area contributed by atoms with Crippen molar-refractivity contribution < 1.29 is 19.0 Å². The molecule has 0 aromatic heterocycles. The fourth-order valence-corrected chi connectivity index (χ4v) is 1.64. The Morgan fingerprint density at radius 3 is 2.58 bits per heavy atom. The monoisotopic (exact) mass is 266 g/mol. The third-order valence-electron chi connectivity index (χ3n) is 2.61. The molecule has 106 valence electrons. The van der Waals surface area contributed by atoms with Gasteiger partial charge in [0.25, 0.3) is 0 Å². The van der Waals surface area contributed by atoms with E-state index in [-0.39, 0.29) is 12.4 Å². The number of aryl methyl sites for hydroxylation is 1. The molecule has 0 aliphatic carbocycles. The molecule has 0 saturated carbocycles. The first-order valence-electron chi connectivity index (χ1n) is 6.52. The lowest BCUT2D eigenvalue weighted by atomic mass is 10.1. The Bertz CT molecular complexity index is 401. The standard InChI is InChI=1S/C15H22O4/c1-4-7-18-8-9-19-11-14(16)13-6-5-12(2)10-15(13)17-3/h5-6,10H,4,7-9,11H2,1-3H3. The van der Waals surface area contributed by atoms with Crippen molar-refractivity contribution in [2.45, 2.75) is 20.3 Å². The van der Waals surface area contributed by atoms with Crippen LogP contribution in [0.1, 0.15) is 29.3 Å². The predicted octanol–water partition coefficient (Wildman–Crippen LogP) is 2.63. The molecule has 1 aromatic rings. The Labute approximate surface area is 114 Å². The van der Waals surface area contributed by atoms with Gasteiger partial charge in [-0.2, -0.15) is 0 Å². The van der Waals surface area contributed by atoms with Gasteiger partial charge in [0.1, 0.15) is 12.4 Å². The normalized spacial score (nSPS) is 10.5. The second-order valence-corrected chi connectivity index (χ2v) is 4.29. The minimum atomic E-state index is -0.0765. The average molecular weight is 266 g/mol. The fraction of sp³-hybridized carbons (Fsp3) is 0.533. The van der Waals surface area contributed by atoms with Gasteiger partial charge in [0.2, 0.25) is 0 Å². The van der Waals surface area contributed by atoms with E-state index in [2.05, 4.69) is 0 Å². The van der Waals surface area contributed by atoms with E-state index in [0.717, 1.165) is 18.6 Å². The van der Waals surface area contributed by atoms with Crippen molar-refractivity contribution in [1.29, 1.82) is 0 Å². The molecule has 0 atom stereocenters. The zero-order chi connectivity index (χ0) is 14.1. The highest BCUT2D eigenvalue weighted by Crippen LogP contribution is 2.20. The highest BCUT2D eigenvalue weighted by molar-refractivity contribution is 5.99. The molecule has 0 amide bonds. The van der Waals surface area contributed by atoms with E-state index < -0.39 is 0 Å². The van der Waals surface area contributed by atoms with Gasteiger partial charge in [0.15, 0.2) is 5.78 Å². The largest absolute Gasteiger partial charge is 0.496 e. The van der Waals surface area contributed by atoms with E-state index in [9.17, 15) is 4.79 Å². The second kappa shape index (κ2) is 8.67. The van der Waals surface area contributed by atoms with Gasteiger partial charge >= 0.3 is 0 Å². The number of rotatable bonds is 9. The van der Waals surface area contributed by atoms with Gasteiger partial charge in [-0.3, -0.25) is 4.79 Å². The van der Waals surface area contributed by atoms with Crippen molar-refractivity contribution in [1.82, 2.24) is 0 Å². The minimum Gasteiger partial charge on any atom is -0.496 e. The summed E-state index contributed by atoms with van der Waals surface area (Å²) in [6, 6.07) is 5.51. The maximum absolute atomic E-state index is 12.0. The van der Waals surface area contributed by atoms with Crippen LogP contribution in [0.3, 0.4) is 0 Å². The van der Waals surface area contributed by atoms with Gasteiger partial charge < -0.3 is 14.2 Å². The fourth-order valence-electron chi connectivity index (χ4n) is 1.64. The first-order valence-corrected chi connectivity index (χ1v) is 6.52. The van der Waals surface area contributed by atoms with E-state index in [4.69, 9.17) is 14.2 Å². The first kappa shape index (κ1) is 15.7. The van der Waals surface area contributed by atoms with E-state index in [1.165, 1.54) is 0 Å². The summed E-state index contributed by atoms with van der Waals surface area (Å²) >= 11 is 0. The lowest BCUT2D eigenvalue weighted by molar-refractivity contribution is 0.0440. The van der Waals surface area contributed by atoms with Gasteiger partial charge in [-0.15, -0.1) is 0 Å². The van der Waals surface area contributed by atoms with Crippen LogP contribution in [-0.2, 0) is 9.47 Å². The Morgan fingerprint density at radius 1 is 1.16 bits per heavy atom. The summed E-state index contributed by atoms with van der Waals surface area (Å²) in [5.74, 6) is 0.517. The highest BCUT2D eigenvalue weighted by atomic mass is 16.5. The summed E-state index contributed by atoms with van der Waals surface area (Å²) in [4.78, 5) is 12.0. The summed E-state index contributed by atoms with van der Waals surface area (Å²) < 4.78 is 15.8. The lowest BCUT2D eigenvalue weighted by Gasteiger charge is -2.09. The topological polar surface area (TPSA) is 44.8 Å². The number of ketones is 1. The number of methoxy groups -OCH3 is 1. The van der Waals surface area contributed by atoms with Gasteiger partial charge in [-0.1, -0.05) is 13.0 Å². The van der Waals surface area contributed by atoms with Crippen molar-refractivity contribution in [3.63, 3.8) is 0 Å². The van der Waals surface area contributed by atoms with Gasteiger partial charge in [0.05, 0.1) is 25.9 Å². The van der Waals surface area contributed by atoms with E-state index in [1.54, 1.807) is 13.2 Å². The number of hydrogen-bond donors (Lipinski definition) is 0. The maximum Gasteiger partial charge on any atom is 0.192 e. The molecule has 4 nitrogen and oxygen atoms in total. The molecule has 1 rings (SSSR count). The number of hydrogen-bond acceptors (Lipinski definition) is 4. The Hall–Kier alpha value is -1.39. The molecule has 0 fully saturated rings. The molecule has 4 heteroatoms. The van der Waals surface area contributed by atoms with Crippen molar-refractivity contribution in [3.05, 3.63) is 29.3 Å². The molecule has 0 bridgehead atoms. The molecule has 0 spiro atoms. The molecule has 0 heterocycles. The molecule has 0 N–H and O–H groups in total. The van der Waals surface area contributed by atoms with E-state index >= 15 is 0 Å². The van der Waals surface area contributed by atoms with Crippen LogP contribution in [0.25, 0.3) is 0 Å². The Balaban J connectivity index is 2.41. The quantitative estimate of drug-likeness (QED) is 0.509. The lowest BCUT2D eigenvalue weighted by Crippen LogP contribution is -2.13. The molecule has 0 unspecified atom stereocenters. The molecule has 0 radical (unpaired) electrons. The van der Waals surface area contributed by atoms with E-state index in [0.29, 0.717) is 24.5 Å². The maximum atomic E-state index is 12.0.